The van der Waals surface area contributed by atoms with Crippen molar-refractivity contribution < 1.29 is 13.8 Å². The molecule has 2 aliphatic heterocycles. The molecule has 0 spiro atoms. The van der Waals surface area contributed by atoms with Gasteiger partial charge < -0.3 is 15.1 Å². The van der Waals surface area contributed by atoms with Gasteiger partial charge in [-0.2, -0.15) is 0 Å². The maximum absolute atomic E-state index is 13.7. The van der Waals surface area contributed by atoms with E-state index in [9.17, 15) is 13.8 Å². The second kappa shape index (κ2) is 10.9. The Kier molecular flexibility index (Phi) is 7.51. The van der Waals surface area contributed by atoms with Crippen LogP contribution in [-0.4, -0.2) is 47.1 Å². The van der Waals surface area contributed by atoms with Gasteiger partial charge in [-0.15, -0.1) is 0 Å². The second-order valence-corrected chi connectivity index (χ2v) is 11.0. The molecule has 0 bridgehead atoms. The van der Waals surface area contributed by atoms with Crippen molar-refractivity contribution in [3.8, 4) is 0 Å². The Balaban J connectivity index is 1.44. The normalized spacial score (nSPS) is 17.4. The molecular weight excluding hydrogens is 494 g/mol. The molecule has 0 radical (unpaired) electrons. The van der Waals surface area contributed by atoms with E-state index < -0.39 is 10.8 Å². The minimum absolute atomic E-state index is 0.207. The van der Waals surface area contributed by atoms with Gasteiger partial charge in [0.2, 0.25) is 0 Å². The number of nitrogens with one attached hydrogen (secondary N) is 1. The third-order valence-electron chi connectivity index (χ3n) is 6.64. The summed E-state index contributed by atoms with van der Waals surface area (Å²) >= 11 is 6.20. The molecule has 0 saturated carbocycles. The Morgan fingerprint density at radius 3 is 2.58 bits per heavy atom. The van der Waals surface area contributed by atoms with Crippen molar-refractivity contribution in [3.05, 3.63) is 88.4 Å². The highest BCUT2D eigenvalue weighted by Gasteiger charge is 2.31. The van der Waals surface area contributed by atoms with Gasteiger partial charge in [-0.25, -0.2) is 4.21 Å². The molecule has 3 aromatic rings. The van der Waals surface area contributed by atoms with Crippen LogP contribution in [0.25, 0.3) is 0 Å². The lowest BCUT2D eigenvalue weighted by Gasteiger charge is -2.24. The van der Waals surface area contributed by atoms with Gasteiger partial charge in [-0.05, 0) is 86.9 Å². The average Bonchev–Trinajstić information content (AvgIpc) is 3.40. The number of carbonyl (C=O) groups excluding carboxylic acids is 2. The smallest absolute Gasteiger partial charge is 0.259 e. The van der Waals surface area contributed by atoms with Crippen LogP contribution in [0, 0.1) is 0 Å². The molecule has 5 rings (SSSR count). The third-order valence-corrected chi connectivity index (χ3v) is 8.37. The zero-order chi connectivity index (χ0) is 25.1. The van der Waals surface area contributed by atoms with E-state index in [1.807, 2.05) is 12.1 Å². The van der Waals surface area contributed by atoms with Crippen molar-refractivity contribution in [3.63, 3.8) is 0 Å². The van der Waals surface area contributed by atoms with Crippen molar-refractivity contribution in [2.24, 2.45) is 0 Å². The van der Waals surface area contributed by atoms with Gasteiger partial charge >= 0.3 is 0 Å². The maximum atomic E-state index is 13.7. The zero-order valence-corrected chi connectivity index (χ0v) is 21.5. The van der Waals surface area contributed by atoms with Crippen molar-refractivity contribution in [2.75, 3.05) is 31.1 Å². The molecule has 0 aliphatic carbocycles. The van der Waals surface area contributed by atoms with Gasteiger partial charge in [0.15, 0.2) is 0 Å². The number of likely N-dealkylation sites (tertiary alicyclic amines) is 1. The highest BCUT2D eigenvalue weighted by atomic mass is 35.5. The molecule has 0 aromatic heterocycles. The van der Waals surface area contributed by atoms with Crippen LogP contribution in [0.2, 0.25) is 5.02 Å². The van der Waals surface area contributed by atoms with E-state index in [1.54, 1.807) is 59.5 Å². The first-order chi connectivity index (χ1) is 17.5. The Morgan fingerprint density at radius 2 is 1.78 bits per heavy atom. The summed E-state index contributed by atoms with van der Waals surface area (Å²) in [6.45, 7) is 4.06. The maximum Gasteiger partial charge on any atom is 0.259 e. The van der Waals surface area contributed by atoms with Crippen LogP contribution in [0.5, 0.6) is 0 Å². The number of nitrogens with zero attached hydrogens (tertiary/aromatic N) is 2. The summed E-state index contributed by atoms with van der Waals surface area (Å²) in [7, 11) is -1.57. The Labute approximate surface area is 218 Å². The van der Waals surface area contributed by atoms with E-state index in [-0.39, 0.29) is 18.4 Å². The van der Waals surface area contributed by atoms with Crippen LogP contribution < -0.4 is 10.2 Å². The number of fused-ring (bicyclic) bond motifs is 2. The molecule has 1 fully saturated rings. The number of benzene rings is 3. The van der Waals surface area contributed by atoms with Crippen LogP contribution in [0.1, 0.15) is 45.5 Å². The molecule has 0 unspecified atom stereocenters. The van der Waals surface area contributed by atoms with E-state index >= 15 is 0 Å². The lowest BCUT2D eigenvalue weighted by molar-refractivity contribution is 0.0948. The first-order valence-corrected chi connectivity index (χ1v) is 13.8. The summed E-state index contributed by atoms with van der Waals surface area (Å²) in [5.74, 6) is -0.470. The molecule has 2 heterocycles. The highest BCUT2D eigenvalue weighted by Crippen LogP contribution is 2.36. The van der Waals surface area contributed by atoms with Gasteiger partial charge in [0, 0.05) is 17.1 Å². The zero-order valence-electron chi connectivity index (χ0n) is 19.9. The SMILES string of the molecule is O=C(NCCCN1CCCC1)c1ccc2c(c1)N(Cc1cccc(Cl)c1)C(=O)c1ccccc1[S@]2=O. The number of amides is 2. The van der Waals surface area contributed by atoms with Crippen molar-refractivity contribution in [1.29, 1.82) is 0 Å². The second-order valence-electron chi connectivity index (χ2n) is 9.13. The first-order valence-electron chi connectivity index (χ1n) is 12.2. The quantitative estimate of drug-likeness (QED) is 0.450. The Morgan fingerprint density at radius 1 is 0.972 bits per heavy atom. The summed E-state index contributed by atoms with van der Waals surface area (Å²) in [4.78, 5) is 31.7. The van der Waals surface area contributed by atoms with Gasteiger partial charge in [-0.3, -0.25) is 9.59 Å². The van der Waals surface area contributed by atoms with Gasteiger partial charge in [0.05, 0.1) is 38.4 Å². The number of hydrogen-bond acceptors (Lipinski definition) is 4. The van der Waals surface area contributed by atoms with Crippen LogP contribution in [0.4, 0.5) is 5.69 Å². The van der Waals surface area contributed by atoms with E-state index in [0.29, 0.717) is 38.2 Å². The fourth-order valence-corrected chi connectivity index (χ4v) is 6.35. The first kappa shape index (κ1) is 24.7. The lowest BCUT2D eigenvalue weighted by atomic mass is 10.1. The van der Waals surface area contributed by atoms with Gasteiger partial charge in [-0.1, -0.05) is 35.9 Å². The fourth-order valence-electron chi connectivity index (χ4n) is 4.79. The molecule has 36 heavy (non-hydrogen) atoms. The minimum atomic E-state index is -1.57. The monoisotopic (exact) mass is 521 g/mol. The average molecular weight is 522 g/mol. The molecule has 1 atom stereocenters. The van der Waals surface area contributed by atoms with E-state index in [0.717, 1.165) is 31.6 Å². The van der Waals surface area contributed by atoms with Crippen LogP contribution in [-0.2, 0) is 17.3 Å². The summed E-state index contributed by atoms with van der Waals surface area (Å²) < 4.78 is 13.5. The largest absolute Gasteiger partial charge is 0.352 e. The highest BCUT2D eigenvalue weighted by molar-refractivity contribution is 7.85. The molecule has 3 aromatic carbocycles. The third kappa shape index (κ3) is 5.24. The number of halogens is 1. The van der Waals surface area contributed by atoms with Crippen molar-refractivity contribution in [1.82, 2.24) is 10.2 Å². The van der Waals surface area contributed by atoms with Crippen molar-refractivity contribution >= 4 is 39.9 Å². The summed E-state index contributed by atoms with van der Waals surface area (Å²) in [6.07, 6.45) is 3.38. The predicted molar refractivity (Wildman–Crippen MR) is 142 cm³/mol. The van der Waals surface area contributed by atoms with Gasteiger partial charge in [0.1, 0.15) is 0 Å². The molecule has 6 nitrogen and oxygen atoms in total. The molecule has 2 aliphatic rings. The summed E-state index contributed by atoms with van der Waals surface area (Å²) in [6, 6.07) is 19.3. The number of anilines is 1. The summed E-state index contributed by atoms with van der Waals surface area (Å²) in [5, 5.41) is 3.56. The Hall–Kier alpha value is -3.00. The lowest BCUT2D eigenvalue weighted by Crippen LogP contribution is -2.31. The topological polar surface area (TPSA) is 69.7 Å². The summed E-state index contributed by atoms with van der Waals surface area (Å²) in [5.41, 5.74) is 2.13. The van der Waals surface area contributed by atoms with E-state index in [1.165, 1.54) is 12.8 Å². The minimum Gasteiger partial charge on any atom is -0.352 e. The van der Waals surface area contributed by atoms with Crippen LogP contribution >= 0.6 is 11.6 Å². The molecule has 1 N–H and O–H groups in total. The molecular formula is C28H28ClN3O3S. The number of hydrogen-bond donors (Lipinski definition) is 1. The van der Waals surface area contributed by atoms with Crippen LogP contribution in [0.15, 0.2) is 76.5 Å². The molecule has 8 heteroatoms. The number of rotatable bonds is 7. The number of carbonyl (C=O) groups is 2. The predicted octanol–water partition coefficient (Wildman–Crippen LogP) is 4.88. The van der Waals surface area contributed by atoms with Crippen LogP contribution in [0.3, 0.4) is 0 Å². The van der Waals surface area contributed by atoms with Gasteiger partial charge in [0.25, 0.3) is 11.8 Å². The molecule has 2 amide bonds. The molecule has 1 saturated heterocycles. The van der Waals surface area contributed by atoms with E-state index in [4.69, 9.17) is 11.6 Å². The molecule has 186 valence electrons. The Bertz CT molecular complexity index is 1320. The van der Waals surface area contributed by atoms with E-state index in [2.05, 4.69) is 10.2 Å². The fraction of sp³-hybridized carbons (Fsp3) is 0.286. The standard InChI is InChI=1S/C28H28ClN3O3S/c29-22-8-5-7-20(17-22)19-32-24-18-21(27(33)30-13-6-16-31-14-3-4-15-31)11-12-26(24)36(35)25-10-2-1-9-23(25)28(32)34/h1-2,5,7-12,17-18H,3-4,6,13-16,19H2,(H,30,33)/t36-/m1/s1. The van der Waals surface area contributed by atoms with Crippen molar-refractivity contribution in [2.45, 2.75) is 35.6 Å².